The van der Waals surface area contributed by atoms with Crippen molar-refractivity contribution in [3.8, 4) is 39.5 Å². The Morgan fingerprint density at radius 3 is 2.00 bits per heavy atom. The standard InChI is InChI=1S/C46H45N2O2.Pt/c1-28-22-23-47-42-34(19-20-37(40(28)42)45(5,6)7)29-14-13-15-30(24-29)35-26-33(46(8,9)31-16-11-10-12-17-31)27-39-41(35)48-43(50-39)36-25-32(44(2,3)4)18-21-38(36)49;/h10-23,25-27,49H,1-9H3;/q-1;. The average molecular weight is 853 g/mol. The Morgan fingerprint density at radius 1 is 0.627 bits per heavy atom. The number of hydrogen-bond acceptors (Lipinski definition) is 4. The zero-order valence-corrected chi connectivity index (χ0v) is 33.2. The van der Waals surface area contributed by atoms with Crippen molar-refractivity contribution in [2.24, 2.45) is 0 Å². The fraction of sp³-hybridized carbons (Fsp3) is 0.261. The number of phenolic OH excluding ortho intramolecular Hbond substituents is 1. The van der Waals surface area contributed by atoms with E-state index in [2.05, 4.69) is 141 Å². The summed E-state index contributed by atoms with van der Waals surface area (Å²) >= 11 is 0. The summed E-state index contributed by atoms with van der Waals surface area (Å²) in [6.45, 7) is 19.9. The Bertz CT molecular complexity index is 2390. The van der Waals surface area contributed by atoms with Gasteiger partial charge in [0.1, 0.15) is 11.3 Å². The molecule has 0 spiro atoms. The molecule has 0 saturated heterocycles. The Morgan fingerprint density at radius 2 is 1.31 bits per heavy atom. The maximum absolute atomic E-state index is 11.0. The summed E-state index contributed by atoms with van der Waals surface area (Å²) in [6.07, 6.45) is 1.90. The number of phenols is 1. The Kier molecular flexibility index (Phi) is 9.40. The summed E-state index contributed by atoms with van der Waals surface area (Å²) in [5.74, 6) is 0.525. The summed E-state index contributed by atoms with van der Waals surface area (Å²) in [7, 11) is 0. The molecular formula is C46H45N2O2Pt-. The average Bonchev–Trinajstić information content (AvgIpc) is 3.51. The van der Waals surface area contributed by atoms with Crippen molar-refractivity contribution in [3.63, 3.8) is 0 Å². The van der Waals surface area contributed by atoms with Crippen molar-refractivity contribution in [1.82, 2.24) is 9.97 Å². The molecule has 7 rings (SSSR count). The minimum Gasteiger partial charge on any atom is -0.507 e. The van der Waals surface area contributed by atoms with Gasteiger partial charge in [0.05, 0.1) is 11.1 Å². The molecule has 0 unspecified atom stereocenters. The Balaban J connectivity index is 0.00000448. The molecule has 1 N–H and O–H groups in total. The van der Waals surface area contributed by atoms with E-state index in [1.807, 2.05) is 24.4 Å². The maximum atomic E-state index is 11.0. The number of rotatable bonds is 5. The van der Waals surface area contributed by atoms with Crippen LogP contribution in [-0.2, 0) is 37.3 Å². The first-order valence-corrected chi connectivity index (χ1v) is 17.4. The van der Waals surface area contributed by atoms with Crippen LogP contribution < -0.4 is 0 Å². The van der Waals surface area contributed by atoms with E-state index < -0.39 is 0 Å². The van der Waals surface area contributed by atoms with Crippen LogP contribution in [0.1, 0.15) is 83.2 Å². The fourth-order valence-corrected chi connectivity index (χ4v) is 6.96. The van der Waals surface area contributed by atoms with E-state index in [1.54, 1.807) is 6.07 Å². The smallest absolute Gasteiger partial charge is 0.230 e. The number of benzene rings is 5. The van der Waals surface area contributed by atoms with Crippen molar-refractivity contribution in [2.45, 2.75) is 78.6 Å². The second kappa shape index (κ2) is 13.2. The number of aryl methyl sites for hydroxylation is 1. The quantitative estimate of drug-likeness (QED) is 0.175. The third kappa shape index (κ3) is 6.67. The van der Waals surface area contributed by atoms with Gasteiger partial charge in [0, 0.05) is 38.2 Å². The first-order chi connectivity index (χ1) is 23.6. The van der Waals surface area contributed by atoms with Crippen LogP contribution in [0.5, 0.6) is 5.75 Å². The van der Waals surface area contributed by atoms with Crippen LogP contribution in [0.3, 0.4) is 0 Å². The summed E-state index contributed by atoms with van der Waals surface area (Å²) in [4.78, 5) is 10.0. The van der Waals surface area contributed by atoms with E-state index in [4.69, 9.17) is 14.4 Å². The third-order valence-corrected chi connectivity index (χ3v) is 10.1. The predicted molar refractivity (Wildman–Crippen MR) is 207 cm³/mol. The van der Waals surface area contributed by atoms with Gasteiger partial charge in [0.15, 0.2) is 0 Å². The summed E-state index contributed by atoms with van der Waals surface area (Å²) in [5, 5.41) is 12.2. The predicted octanol–water partition coefficient (Wildman–Crippen LogP) is 12.1. The van der Waals surface area contributed by atoms with Gasteiger partial charge in [-0.2, -0.15) is 0 Å². The molecule has 0 radical (unpaired) electrons. The van der Waals surface area contributed by atoms with Crippen molar-refractivity contribution < 1.29 is 30.6 Å². The molecule has 0 fully saturated rings. The molecule has 262 valence electrons. The number of hydrogen-bond donors (Lipinski definition) is 1. The largest absolute Gasteiger partial charge is 0.507 e. The van der Waals surface area contributed by atoms with Gasteiger partial charge in [-0.1, -0.05) is 121 Å². The first kappa shape index (κ1) is 36.3. The van der Waals surface area contributed by atoms with E-state index in [1.165, 1.54) is 22.1 Å². The minimum atomic E-state index is -0.330. The minimum absolute atomic E-state index is 0. The second-order valence-electron chi connectivity index (χ2n) is 16.1. The number of pyridine rings is 1. The molecule has 0 amide bonds. The Hall–Kier alpha value is -4.53. The van der Waals surface area contributed by atoms with Crippen LogP contribution in [0.2, 0.25) is 0 Å². The summed E-state index contributed by atoms with van der Waals surface area (Å²) in [5.41, 5.74) is 12.2. The molecule has 5 aromatic carbocycles. The molecule has 0 bridgehead atoms. The monoisotopic (exact) mass is 852 g/mol. The van der Waals surface area contributed by atoms with Crippen LogP contribution in [0.4, 0.5) is 0 Å². The molecular weight excluding hydrogens is 808 g/mol. The third-order valence-electron chi connectivity index (χ3n) is 10.1. The molecule has 0 aliphatic rings. The van der Waals surface area contributed by atoms with Gasteiger partial charge in [-0.3, -0.25) is 4.98 Å². The number of fused-ring (bicyclic) bond motifs is 2. The van der Waals surface area contributed by atoms with E-state index in [-0.39, 0.29) is 43.1 Å². The molecule has 7 aromatic rings. The zero-order valence-electron chi connectivity index (χ0n) is 30.9. The van der Waals surface area contributed by atoms with Gasteiger partial charge < -0.3 is 9.52 Å². The molecule has 4 nitrogen and oxygen atoms in total. The van der Waals surface area contributed by atoms with E-state index in [0.29, 0.717) is 17.0 Å². The van der Waals surface area contributed by atoms with Crippen molar-refractivity contribution in [3.05, 3.63) is 137 Å². The van der Waals surface area contributed by atoms with Gasteiger partial charge in [-0.05, 0) is 75.2 Å². The SMILES string of the molecule is Cc1ccnc2c(-c3[c-]c(-c4cc(C(C)(C)c5ccccc5)cc5oc(-c6cc(C(C)(C)C)ccc6O)nc45)ccc3)ccc(C(C)(C)C)c12.[Pt]. The molecule has 0 aliphatic heterocycles. The van der Waals surface area contributed by atoms with Crippen LogP contribution in [0.25, 0.3) is 55.7 Å². The van der Waals surface area contributed by atoms with Crippen molar-refractivity contribution in [2.75, 3.05) is 0 Å². The molecule has 5 heteroatoms. The van der Waals surface area contributed by atoms with E-state index in [0.717, 1.165) is 44.4 Å². The molecule has 51 heavy (non-hydrogen) atoms. The van der Waals surface area contributed by atoms with Crippen LogP contribution >= 0.6 is 0 Å². The molecule has 0 aliphatic carbocycles. The first-order valence-electron chi connectivity index (χ1n) is 17.4. The van der Waals surface area contributed by atoms with Gasteiger partial charge in [-0.15, -0.1) is 35.4 Å². The summed E-state index contributed by atoms with van der Waals surface area (Å²) < 4.78 is 6.57. The van der Waals surface area contributed by atoms with Crippen LogP contribution in [0.15, 0.2) is 108 Å². The van der Waals surface area contributed by atoms with E-state index >= 15 is 0 Å². The normalized spacial score (nSPS) is 12.3. The number of oxazole rings is 1. The molecule has 2 aromatic heterocycles. The number of nitrogens with zero attached hydrogens (tertiary/aromatic N) is 2. The number of aromatic nitrogens is 2. The number of aromatic hydroxyl groups is 1. The van der Waals surface area contributed by atoms with Gasteiger partial charge >= 0.3 is 0 Å². The van der Waals surface area contributed by atoms with Crippen LogP contribution in [0, 0.1) is 13.0 Å². The molecule has 2 heterocycles. The van der Waals surface area contributed by atoms with Gasteiger partial charge in [0.25, 0.3) is 0 Å². The zero-order chi connectivity index (χ0) is 35.6. The second-order valence-corrected chi connectivity index (χ2v) is 16.1. The molecule has 0 atom stereocenters. The topological polar surface area (TPSA) is 59.2 Å². The molecule has 0 saturated carbocycles. The summed E-state index contributed by atoms with van der Waals surface area (Å²) in [6, 6.07) is 37.1. The van der Waals surface area contributed by atoms with Crippen molar-refractivity contribution in [1.29, 1.82) is 0 Å². The van der Waals surface area contributed by atoms with E-state index in [9.17, 15) is 5.11 Å². The fourth-order valence-electron chi connectivity index (χ4n) is 6.96. The van der Waals surface area contributed by atoms with Gasteiger partial charge in [0.2, 0.25) is 5.89 Å². The van der Waals surface area contributed by atoms with Crippen molar-refractivity contribution >= 4 is 22.0 Å². The van der Waals surface area contributed by atoms with Crippen LogP contribution in [-0.4, -0.2) is 15.1 Å². The van der Waals surface area contributed by atoms with Gasteiger partial charge in [-0.25, -0.2) is 4.98 Å². The maximum Gasteiger partial charge on any atom is 0.230 e. The Labute approximate surface area is 316 Å².